The standard InChI is InChI=1S/C14H21Cl2N/c1-3-5-10-17(4-2)11-14(16)12-6-8-13(15)9-7-12/h6-9,14H,3-5,10-11H2,1-2H3. The highest BCUT2D eigenvalue weighted by molar-refractivity contribution is 6.30. The van der Waals surface area contributed by atoms with Crippen LogP contribution >= 0.6 is 23.2 Å². The summed E-state index contributed by atoms with van der Waals surface area (Å²) >= 11 is 12.3. The van der Waals surface area contributed by atoms with E-state index < -0.39 is 0 Å². The number of benzene rings is 1. The fourth-order valence-electron chi connectivity index (χ4n) is 1.76. The van der Waals surface area contributed by atoms with Gasteiger partial charge in [0.1, 0.15) is 0 Å². The summed E-state index contributed by atoms with van der Waals surface area (Å²) in [6, 6.07) is 7.81. The van der Waals surface area contributed by atoms with Crippen LogP contribution in [0, 0.1) is 0 Å². The lowest BCUT2D eigenvalue weighted by Gasteiger charge is -2.23. The lowest BCUT2D eigenvalue weighted by Crippen LogP contribution is -2.28. The van der Waals surface area contributed by atoms with E-state index in [0.717, 1.165) is 30.2 Å². The minimum absolute atomic E-state index is 0.0454. The third kappa shape index (κ3) is 5.29. The lowest BCUT2D eigenvalue weighted by molar-refractivity contribution is 0.283. The molecule has 0 spiro atoms. The molecule has 0 aliphatic carbocycles. The molecule has 0 heterocycles. The molecule has 0 radical (unpaired) electrons. The number of alkyl halides is 1. The Morgan fingerprint density at radius 1 is 1.18 bits per heavy atom. The molecule has 1 aromatic carbocycles. The van der Waals surface area contributed by atoms with Crippen LogP contribution in [-0.2, 0) is 0 Å². The van der Waals surface area contributed by atoms with Gasteiger partial charge in [-0.2, -0.15) is 0 Å². The number of hydrogen-bond donors (Lipinski definition) is 0. The molecule has 0 amide bonds. The molecule has 1 aromatic rings. The summed E-state index contributed by atoms with van der Waals surface area (Å²) < 4.78 is 0. The molecule has 0 fully saturated rings. The SMILES string of the molecule is CCCCN(CC)CC(Cl)c1ccc(Cl)cc1. The van der Waals surface area contributed by atoms with Gasteiger partial charge < -0.3 is 4.90 Å². The van der Waals surface area contributed by atoms with Crippen molar-refractivity contribution in [3.05, 3.63) is 34.9 Å². The zero-order valence-electron chi connectivity index (χ0n) is 10.6. The molecular formula is C14H21Cl2N. The molecule has 0 saturated heterocycles. The van der Waals surface area contributed by atoms with E-state index in [4.69, 9.17) is 23.2 Å². The van der Waals surface area contributed by atoms with Crippen LogP contribution in [0.3, 0.4) is 0 Å². The Morgan fingerprint density at radius 3 is 2.35 bits per heavy atom. The number of rotatable bonds is 7. The molecule has 0 aliphatic heterocycles. The van der Waals surface area contributed by atoms with E-state index in [1.165, 1.54) is 12.8 Å². The molecule has 0 saturated carbocycles. The van der Waals surface area contributed by atoms with Crippen LogP contribution in [0.15, 0.2) is 24.3 Å². The van der Waals surface area contributed by atoms with E-state index in [2.05, 4.69) is 18.7 Å². The molecule has 0 bridgehead atoms. The highest BCUT2D eigenvalue weighted by Crippen LogP contribution is 2.23. The van der Waals surface area contributed by atoms with E-state index in [9.17, 15) is 0 Å². The molecule has 1 unspecified atom stereocenters. The quantitative estimate of drug-likeness (QED) is 0.649. The second-order valence-electron chi connectivity index (χ2n) is 4.27. The van der Waals surface area contributed by atoms with Gasteiger partial charge in [0.05, 0.1) is 5.38 Å². The first-order chi connectivity index (χ1) is 8.17. The van der Waals surface area contributed by atoms with Gasteiger partial charge in [-0.1, -0.05) is 44.0 Å². The Kier molecular flexibility index (Phi) is 6.94. The minimum Gasteiger partial charge on any atom is -0.302 e. The summed E-state index contributed by atoms with van der Waals surface area (Å²) in [6.07, 6.45) is 2.46. The van der Waals surface area contributed by atoms with Crippen molar-refractivity contribution in [3.63, 3.8) is 0 Å². The fraction of sp³-hybridized carbons (Fsp3) is 0.571. The van der Waals surface area contributed by atoms with Gasteiger partial charge >= 0.3 is 0 Å². The summed E-state index contributed by atoms with van der Waals surface area (Å²) in [6.45, 7) is 7.48. The average Bonchev–Trinajstić information content (AvgIpc) is 2.35. The molecule has 1 rings (SSSR count). The predicted octanol–water partition coefficient (Wildman–Crippen LogP) is 4.74. The van der Waals surface area contributed by atoms with Crippen molar-refractivity contribution in [1.82, 2.24) is 4.90 Å². The monoisotopic (exact) mass is 273 g/mol. The van der Waals surface area contributed by atoms with E-state index in [0.29, 0.717) is 0 Å². The molecule has 1 nitrogen and oxygen atoms in total. The zero-order valence-corrected chi connectivity index (χ0v) is 12.1. The molecule has 3 heteroatoms. The van der Waals surface area contributed by atoms with Crippen molar-refractivity contribution in [3.8, 4) is 0 Å². The molecule has 0 N–H and O–H groups in total. The van der Waals surface area contributed by atoms with Crippen LogP contribution in [0.2, 0.25) is 5.02 Å². The first-order valence-corrected chi connectivity index (χ1v) is 7.10. The Balaban J connectivity index is 2.51. The van der Waals surface area contributed by atoms with E-state index >= 15 is 0 Å². The third-order valence-electron chi connectivity index (χ3n) is 2.93. The van der Waals surface area contributed by atoms with Gasteiger partial charge in [-0.05, 0) is 37.2 Å². The summed E-state index contributed by atoms with van der Waals surface area (Å²) in [5.41, 5.74) is 1.14. The van der Waals surface area contributed by atoms with Crippen LogP contribution < -0.4 is 0 Å². The maximum atomic E-state index is 6.43. The molecule has 1 atom stereocenters. The molecule has 0 aromatic heterocycles. The van der Waals surface area contributed by atoms with Crippen LogP contribution in [0.25, 0.3) is 0 Å². The normalized spacial score (nSPS) is 13.0. The number of nitrogens with zero attached hydrogens (tertiary/aromatic N) is 1. The summed E-state index contributed by atoms with van der Waals surface area (Å²) in [5.74, 6) is 0. The second-order valence-corrected chi connectivity index (χ2v) is 5.23. The Bertz CT molecular complexity index is 311. The number of hydrogen-bond acceptors (Lipinski definition) is 1. The first-order valence-electron chi connectivity index (χ1n) is 6.29. The summed E-state index contributed by atoms with van der Waals surface area (Å²) in [7, 11) is 0. The van der Waals surface area contributed by atoms with Crippen molar-refractivity contribution >= 4 is 23.2 Å². The highest BCUT2D eigenvalue weighted by atomic mass is 35.5. The van der Waals surface area contributed by atoms with E-state index in [-0.39, 0.29) is 5.38 Å². The Labute approximate surface area is 115 Å². The molecule has 0 aliphatic rings. The minimum atomic E-state index is 0.0454. The molecular weight excluding hydrogens is 253 g/mol. The molecule has 17 heavy (non-hydrogen) atoms. The van der Waals surface area contributed by atoms with Crippen LogP contribution in [0.4, 0.5) is 0 Å². The largest absolute Gasteiger partial charge is 0.302 e. The number of halogens is 2. The van der Waals surface area contributed by atoms with Gasteiger partial charge in [0.2, 0.25) is 0 Å². The predicted molar refractivity (Wildman–Crippen MR) is 77.1 cm³/mol. The topological polar surface area (TPSA) is 3.24 Å². The van der Waals surface area contributed by atoms with Crippen molar-refractivity contribution < 1.29 is 0 Å². The lowest BCUT2D eigenvalue weighted by atomic mass is 10.1. The maximum absolute atomic E-state index is 6.43. The fourth-order valence-corrected chi connectivity index (χ4v) is 2.23. The van der Waals surface area contributed by atoms with E-state index in [1.54, 1.807) is 0 Å². The zero-order chi connectivity index (χ0) is 12.7. The summed E-state index contributed by atoms with van der Waals surface area (Å²) in [4.78, 5) is 2.40. The van der Waals surface area contributed by atoms with Crippen molar-refractivity contribution in [2.24, 2.45) is 0 Å². The Hall–Kier alpha value is -0.240. The first kappa shape index (κ1) is 14.8. The third-order valence-corrected chi connectivity index (χ3v) is 3.57. The van der Waals surface area contributed by atoms with Gasteiger partial charge in [-0.15, -0.1) is 11.6 Å². The number of unbranched alkanes of at least 4 members (excludes halogenated alkanes) is 1. The van der Waals surface area contributed by atoms with E-state index in [1.807, 2.05) is 24.3 Å². The second kappa shape index (κ2) is 7.97. The van der Waals surface area contributed by atoms with Gasteiger partial charge in [-0.25, -0.2) is 0 Å². The van der Waals surface area contributed by atoms with Crippen LogP contribution in [0.5, 0.6) is 0 Å². The van der Waals surface area contributed by atoms with Gasteiger partial charge in [0.15, 0.2) is 0 Å². The Morgan fingerprint density at radius 2 is 1.82 bits per heavy atom. The smallest absolute Gasteiger partial charge is 0.0712 e. The van der Waals surface area contributed by atoms with Gasteiger partial charge in [0.25, 0.3) is 0 Å². The van der Waals surface area contributed by atoms with Crippen molar-refractivity contribution in [2.45, 2.75) is 32.1 Å². The number of likely N-dealkylation sites (N-methyl/N-ethyl adjacent to an activating group) is 1. The van der Waals surface area contributed by atoms with Gasteiger partial charge in [-0.3, -0.25) is 0 Å². The highest BCUT2D eigenvalue weighted by Gasteiger charge is 2.12. The average molecular weight is 274 g/mol. The van der Waals surface area contributed by atoms with Crippen molar-refractivity contribution in [1.29, 1.82) is 0 Å². The van der Waals surface area contributed by atoms with Crippen LogP contribution in [0.1, 0.15) is 37.6 Å². The summed E-state index contributed by atoms with van der Waals surface area (Å²) in [5, 5.41) is 0.806. The maximum Gasteiger partial charge on any atom is 0.0712 e. The van der Waals surface area contributed by atoms with Gasteiger partial charge in [0, 0.05) is 11.6 Å². The van der Waals surface area contributed by atoms with Crippen LogP contribution in [-0.4, -0.2) is 24.5 Å². The van der Waals surface area contributed by atoms with Crippen molar-refractivity contribution in [2.75, 3.05) is 19.6 Å². The molecule has 96 valence electrons.